The highest BCUT2D eigenvalue weighted by Gasteiger charge is 2.36. The fourth-order valence-electron chi connectivity index (χ4n) is 4.83. The van der Waals surface area contributed by atoms with Crippen molar-refractivity contribution in [3.63, 3.8) is 0 Å². The lowest BCUT2D eigenvalue weighted by molar-refractivity contribution is 0.0113. The third kappa shape index (κ3) is 4.18. The monoisotopic (exact) mass is 415 g/mol. The van der Waals surface area contributed by atoms with Crippen molar-refractivity contribution >= 4 is 5.82 Å². The summed E-state index contributed by atoms with van der Waals surface area (Å²) >= 11 is 0. The lowest BCUT2D eigenvalue weighted by Gasteiger charge is -2.40. The van der Waals surface area contributed by atoms with Crippen molar-refractivity contribution in [2.24, 2.45) is 0 Å². The normalized spacial score (nSPS) is 18.6. The Bertz CT molecular complexity index is 1030. The smallest absolute Gasteiger partial charge is 0.137 e. The van der Waals surface area contributed by atoms with E-state index in [0.717, 1.165) is 56.4 Å². The third-order valence-corrected chi connectivity index (χ3v) is 6.57. The van der Waals surface area contributed by atoms with Gasteiger partial charge in [-0.3, -0.25) is 9.88 Å². The lowest BCUT2D eigenvalue weighted by atomic mass is 9.85. The SMILES string of the molecule is Cc1nc2c(c(N3CCC(O)(c4cccnc4)CC3)n1)CN(Cc1ccccc1)CC2. The second-order valence-corrected chi connectivity index (χ2v) is 8.73. The van der Waals surface area contributed by atoms with Crippen LogP contribution in [0.4, 0.5) is 5.82 Å². The van der Waals surface area contributed by atoms with Gasteiger partial charge in [0.05, 0.1) is 11.3 Å². The van der Waals surface area contributed by atoms with Crippen molar-refractivity contribution in [1.29, 1.82) is 0 Å². The second-order valence-electron chi connectivity index (χ2n) is 8.73. The zero-order valence-corrected chi connectivity index (χ0v) is 18.0. The van der Waals surface area contributed by atoms with Crippen LogP contribution in [0.5, 0.6) is 0 Å². The summed E-state index contributed by atoms with van der Waals surface area (Å²) in [7, 11) is 0. The van der Waals surface area contributed by atoms with Gasteiger partial charge in [-0.05, 0) is 31.4 Å². The molecule has 1 saturated heterocycles. The summed E-state index contributed by atoms with van der Waals surface area (Å²) in [6, 6.07) is 14.5. The van der Waals surface area contributed by atoms with Crippen molar-refractivity contribution in [3.05, 3.63) is 83.1 Å². The summed E-state index contributed by atoms with van der Waals surface area (Å²) in [5.41, 5.74) is 3.86. The molecular weight excluding hydrogens is 386 g/mol. The number of aliphatic hydroxyl groups is 1. The van der Waals surface area contributed by atoms with Crippen LogP contribution in [0, 0.1) is 6.92 Å². The quantitative estimate of drug-likeness (QED) is 0.706. The summed E-state index contributed by atoms with van der Waals surface area (Å²) in [4.78, 5) is 18.6. The summed E-state index contributed by atoms with van der Waals surface area (Å²) in [5, 5.41) is 11.2. The van der Waals surface area contributed by atoms with Gasteiger partial charge in [0.1, 0.15) is 11.6 Å². The van der Waals surface area contributed by atoms with Crippen molar-refractivity contribution < 1.29 is 5.11 Å². The predicted molar refractivity (Wildman–Crippen MR) is 121 cm³/mol. The molecule has 0 unspecified atom stereocenters. The van der Waals surface area contributed by atoms with E-state index in [-0.39, 0.29) is 0 Å². The Kier molecular flexibility index (Phi) is 5.42. The van der Waals surface area contributed by atoms with Gasteiger partial charge in [-0.2, -0.15) is 0 Å². The number of nitrogens with zero attached hydrogens (tertiary/aromatic N) is 5. The van der Waals surface area contributed by atoms with E-state index >= 15 is 0 Å². The summed E-state index contributed by atoms with van der Waals surface area (Å²) in [6.45, 7) is 6.34. The first kappa shape index (κ1) is 20.1. The number of rotatable bonds is 4. The van der Waals surface area contributed by atoms with Crippen molar-refractivity contribution in [1.82, 2.24) is 19.9 Å². The Hall–Kier alpha value is -2.83. The summed E-state index contributed by atoms with van der Waals surface area (Å²) in [6.07, 6.45) is 5.83. The van der Waals surface area contributed by atoms with E-state index < -0.39 is 5.60 Å². The Morgan fingerprint density at radius 2 is 1.81 bits per heavy atom. The maximum Gasteiger partial charge on any atom is 0.137 e. The number of fused-ring (bicyclic) bond motifs is 1. The van der Waals surface area contributed by atoms with Crippen LogP contribution in [0.2, 0.25) is 0 Å². The van der Waals surface area contributed by atoms with Crippen LogP contribution in [-0.2, 0) is 25.1 Å². The lowest BCUT2D eigenvalue weighted by Crippen LogP contribution is -2.44. The van der Waals surface area contributed by atoms with Gasteiger partial charge in [0.2, 0.25) is 0 Å². The number of aromatic nitrogens is 3. The largest absolute Gasteiger partial charge is 0.385 e. The van der Waals surface area contributed by atoms with Gasteiger partial charge in [0.25, 0.3) is 0 Å². The average Bonchev–Trinajstić information content (AvgIpc) is 2.81. The van der Waals surface area contributed by atoms with Gasteiger partial charge in [-0.15, -0.1) is 0 Å². The van der Waals surface area contributed by atoms with Gasteiger partial charge >= 0.3 is 0 Å². The highest BCUT2D eigenvalue weighted by atomic mass is 16.3. The molecule has 4 heterocycles. The van der Waals surface area contributed by atoms with E-state index in [9.17, 15) is 5.11 Å². The number of hydrogen-bond acceptors (Lipinski definition) is 6. The first-order valence-electron chi connectivity index (χ1n) is 11.1. The fraction of sp³-hybridized carbons (Fsp3) is 0.400. The molecule has 0 bridgehead atoms. The summed E-state index contributed by atoms with van der Waals surface area (Å²) < 4.78 is 0. The fourth-order valence-corrected chi connectivity index (χ4v) is 4.83. The van der Waals surface area contributed by atoms with Crippen molar-refractivity contribution in [2.75, 3.05) is 24.5 Å². The first-order valence-corrected chi connectivity index (χ1v) is 11.1. The average molecular weight is 416 g/mol. The maximum absolute atomic E-state index is 11.2. The Balaban J connectivity index is 1.36. The van der Waals surface area contributed by atoms with E-state index in [1.165, 1.54) is 16.8 Å². The van der Waals surface area contributed by atoms with Crippen LogP contribution in [0.25, 0.3) is 0 Å². The number of pyridine rings is 1. The minimum atomic E-state index is -0.813. The zero-order valence-electron chi connectivity index (χ0n) is 18.0. The first-order chi connectivity index (χ1) is 15.1. The second kappa shape index (κ2) is 8.36. The van der Waals surface area contributed by atoms with Gasteiger partial charge in [-0.1, -0.05) is 36.4 Å². The van der Waals surface area contributed by atoms with Crippen LogP contribution >= 0.6 is 0 Å². The molecule has 160 valence electrons. The Morgan fingerprint density at radius 3 is 2.55 bits per heavy atom. The molecule has 6 heteroatoms. The molecular formula is C25H29N5O. The van der Waals surface area contributed by atoms with E-state index in [0.29, 0.717) is 12.8 Å². The van der Waals surface area contributed by atoms with Gasteiger partial charge in [-0.25, -0.2) is 9.97 Å². The van der Waals surface area contributed by atoms with Gasteiger partial charge in [0, 0.05) is 62.7 Å². The topological polar surface area (TPSA) is 65.4 Å². The molecule has 5 rings (SSSR count). The molecule has 0 amide bonds. The van der Waals surface area contributed by atoms with E-state index in [1.54, 1.807) is 12.4 Å². The zero-order chi connectivity index (χ0) is 21.3. The molecule has 2 aromatic heterocycles. The minimum absolute atomic E-state index is 0.671. The molecule has 2 aliphatic heterocycles. The number of hydrogen-bond donors (Lipinski definition) is 1. The Morgan fingerprint density at radius 1 is 1.00 bits per heavy atom. The van der Waals surface area contributed by atoms with Crippen molar-refractivity contribution in [3.8, 4) is 0 Å². The van der Waals surface area contributed by atoms with Crippen LogP contribution in [0.1, 0.15) is 41.1 Å². The van der Waals surface area contributed by atoms with Crippen LogP contribution < -0.4 is 4.90 Å². The molecule has 3 aromatic rings. The van der Waals surface area contributed by atoms with Gasteiger partial charge < -0.3 is 10.0 Å². The number of benzene rings is 1. The van der Waals surface area contributed by atoms with E-state index in [4.69, 9.17) is 9.97 Å². The molecule has 0 aliphatic carbocycles. The highest BCUT2D eigenvalue weighted by molar-refractivity contribution is 5.51. The van der Waals surface area contributed by atoms with Crippen LogP contribution in [0.3, 0.4) is 0 Å². The molecule has 0 atom stereocenters. The van der Waals surface area contributed by atoms with Crippen molar-refractivity contribution in [2.45, 2.75) is 44.9 Å². The molecule has 0 radical (unpaired) electrons. The summed E-state index contributed by atoms with van der Waals surface area (Å²) in [5.74, 6) is 1.88. The van der Waals surface area contributed by atoms with E-state index in [2.05, 4.69) is 45.1 Å². The maximum atomic E-state index is 11.2. The molecule has 1 N–H and O–H groups in total. The van der Waals surface area contributed by atoms with Crippen LogP contribution in [0.15, 0.2) is 54.9 Å². The molecule has 0 spiro atoms. The highest BCUT2D eigenvalue weighted by Crippen LogP contribution is 2.36. The Labute approximate surface area is 183 Å². The molecule has 1 fully saturated rings. The number of piperidine rings is 1. The third-order valence-electron chi connectivity index (χ3n) is 6.57. The van der Waals surface area contributed by atoms with Gasteiger partial charge in [0.15, 0.2) is 0 Å². The molecule has 2 aliphatic rings. The molecule has 0 saturated carbocycles. The predicted octanol–water partition coefficient (Wildman–Crippen LogP) is 3.23. The van der Waals surface area contributed by atoms with Crippen LogP contribution in [-0.4, -0.2) is 44.6 Å². The number of aryl methyl sites for hydroxylation is 1. The number of anilines is 1. The molecule has 6 nitrogen and oxygen atoms in total. The minimum Gasteiger partial charge on any atom is -0.385 e. The standard InChI is InChI=1S/C25H29N5O/c1-19-27-23-9-13-29(17-20-6-3-2-4-7-20)18-22(23)24(28-19)30-14-10-25(31,11-15-30)21-8-5-12-26-16-21/h2-8,12,16,31H,9-11,13-15,17-18H2,1H3. The molecule has 31 heavy (non-hydrogen) atoms. The molecule has 1 aromatic carbocycles. The van der Waals surface area contributed by atoms with E-state index in [1.807, 2.05) is 19.1 Å².